The molecule has 2 heterocycles. The lowest BCUT2D eigenvalue weighted by Gasteiger charge is -2.16. The van der Waals surface area contributed by atoms with Crippen LogP contribution < -0.4 is 5.76 Å². The Bertz CT molecular complexity index is 1720. The maximum absolute atomic E-state index is 11.7. The molecule has 0 fully saturated rings. The predicted molar refractivity (Wildman–Crippen MR) is 147 cm³/mol. The van der Waals surface area contributed by atoms with Gasteiger partial charge in [0.25, 0.3) is 0 Å². The summed E-state index contributed by atoms with van der Waals surface area (Å²) >= 11 is 0. The van der Waals surface area contributed by atoms with Gasteiger partial charge in [-0.1, -0.05) is 66.7 Å². The van der Waals surface area contributed by atoms with Crippen molar-refractivity contribution < 1.29 is 4.52 Å². The molecule has 1 N–H and O–H groups in total. The lowest BCUT2D eigenvalue weighted by molar-refractivity contribution is 0.385. The molecule has 186 valence electrons. The van der Waals surface area contributed by atoms with Crippen molar-refractivity contribution in [3.8, 4) is 0 Å². The molecule has 6 rings (SSSR count). The van der Waals surface area contributed by atoms with Gasteiger partial charge in [0.05, 0.1) is 11.0 Å². The minimum Gasteiger partial charge on any atom is -0.323 e. The van der Waals surface area contributed by atoms with Crippen LogP contribution in [0.3, 0.4) is 0 Å². The first-order valence-electron chi connectivity index (χ1n) is 13.0. The Balaban J connectivity index is 1.48. The standard InChI is InChI=1S/C31H30N4O2/c1-4-8-27-32-29-19(2)9-7-12-26(29)35(27)18-21-13-16-25-23(17-21)15-14-22-10-5-6-11-24(22)28(25)20(3)30-33-31(36)37-34-30/h5-7,9-13,16-17H,4,8,14-15,18H2,1-3H3,(H,33,34,36)/b28-20+. The highest BCUT2D eigenvalue weighted by atomic mass is 16.5. The smallest absolute Gasteiger partial charge is 0.323 e. The Morgan fingerprint density at radius 2 is 1.84 bits per heavy atom. The zero-order chi connectivity index (χ0) is 25.5. The molecule has 0 atom stereocenters. The number of allylic oxidation sites excluding steroid dienone is 1. The first-order chi connectivity index (χ1) is 18.0. The molecule has 5 aromatic rings. The maximum atomic E-state index is 11.7. The van der Waals surface area contributed by atoms with Gasteiger partial charge in [0.2, 0.25) is 0 Å². The van der Waals surface area contributed by atoms with Gasteiger partial charge in [0.1, 0.15) is 5.82 Å². The highest BCUT2D eigenvalue weighted by molar-refractivity contribution is 5.98. The molecule has 0 radical (unpaired) electrons. The summed E-state index contributed by atoms with van der Waals surface area (Å²) in [6.07, 6.45) is 3.91. The van der Waals surface area contributed by atoms with Crippen molar-refractivity contribution in [1.82, 2.24) is 19.7 Å². The largest absolute Gasteiger partial charge is 0.439 e. The number of benzene rings is 3. The van der Waals surface area contributed by atoms with E-state index in [9.17, 15) is 4.79 Å². The summed E-state index contributed by atoms with van der Waals surface area (Å²) in [5.74, 6) is 1.06. The van der Waals surface area contributed by atoms with Gasteiger partial charge in [0, 0.05) is 18.5 Å². The average molecular weight is 491 g/mol. The second-order valence-electron chi connectivity index (χ2n) is 9.90. The van der Waals surface area contributed by atoms with E-state index in [0.717, 1.165) is 54.7 Å². The Kier molecular flexibility index (Phi) is 5.87. The Morgan fingerprint density at radius 3 is 2.65 bits per heavy atom. The molecule has 0 saturated carbocycles. The predicted octanol–water partition coefficient (Wildman–Crippen LogP) is 6.10. The number of aromatic amines is 1. The third-order valence-corrected chi connectivity index (χ3v) is 7.43. The number of hydrogen-bond donors (Lipinski definition) is 1. The highest BCUT2D eigenvalue weighted by Gasteiger charge is 2.22. The minimum atomic E-state index is -0.543. The van der Waals surface area contributed by atoms with Crippen molar-refractivity contribution in [3.63, 3.8) is 0 Å². The fourth-order valence-corrected chi connectivity index (χ4v) is 5.62. The third-order valence-electron chi connectivity index (χ3n) is 7.43. The summed E-state index contributed by atoms with van der Waals surface area (Å²) in [5, 5.41) is 3.99. The topological polar surface area (TPSA) is 76.7 Å². The molecule has 1 aliphatic rings. The first-order valence-corrected chi connectivity index (χ1v) is 13.0. The van der Waals surface area contributed by atoms with E-state index in [1.807, 2.05) is 6.92 Å². The zero-order valence-corrected chi connectivity index (χ0v) is 21.5. The van der Waals surface area contributed by atoms with E-state index in [4.69, 9.17) is 9.51 Å². The van der Waals surface area contributed by atoms with Crippen LogP contribution in [-0.4, -0.2) is 19.7 Å². The number of hydrogen-bond acceptors (Lipinski definition) is 4. The number of nitrogens with one attached hydrogen (secondary N) is 1. The van der Waals surface area contributed by atoms with E-state index in [1.54, 1.807) is 0 Å². The van der Waals surface area contributed by atoms with Crippen molar-refractivity contribution >= 4 is 22.2 Å². The number of para-hydroxylation sites is 1. The Morgan fingerprint density at radius 1 is 1.03 bits per heavy atom. The van der Waals surface area contributed by atoms with Crippen LogP contribution in [0.2, 0.25) is 0 Å². The van der Waals surface area contributed by atoms with Crippen LogP contribution in [0.15, 0.2) is 70.0 Å². The van der Waals surface area contributed by atoms with Crippen LogP contribution in [-0.2, 0) is 25.8 Å². The van der Waals surface area contributed by atoms with E-state index in [-0.39, 0.29) is 0 Å². The monoisotopic (exact) mass is 490 g/mol. The molecule has 0 amide bonds. The number of H-pyrrole nitrogens is 1. The highest BCUT2D eigenvalue weighted by Crippen LogP contribution is 2.38. The van der Waals surface area contributed by atoms with Crippen molar-refractivity contribution in [2.75, 3.05) is 0 Å². The van der Waals surface area contributed by atoms with Crippen molar-refractivity contribution in [3.05, 3.63) is 116 Å². The lowest BCUT2D eigenvalue weighted by Crippen LogP contribution is -2.06. The minimum absolute atomic E-state index is 0.469. The number of fused-ring (bicyclic) bond motifs is 3. The van der Waals surface area contributed by atoms with Crippen LogP contribution in [0.1, 0.15) is 65.3 Å². The fraction of sp³-hybridized carbons (Fsp3) is 0.258. The second kappa shape index (κ2) is 9.36. The van der Waals surface area contributed by atoms with Gasteiger partial charge in [-0.3, -0.25) is 9.51 Å². The summed E-state index contributed by atoms with van der Waals surface area (Å²) in [4.78, 5) is 19.4. The van der Waals surface area contributed by atoms with Crippen LogP contribution in [0.5, 0.6) is 0 Å². The summed E-state index contributed by atoms with van der Waals surface area (Å²) in [6, 6.07) is 21.7. The molecule has 0 bridgehead atoms. The van der Waals surface area contributed by atoms with Crippen LogP contribution >= 0.6 is 0 Å². The van der Waals surface area contributed by atoms with Gasteiger partial charge >= 0.3 is 5.76 Å². The summed E-state index contributed by atoms with van der Waals surface area (Å²) < 4.78 is 7.21. The molecule has 0 spiro atoms. The van der Waals surface area contributed by atoms with Crippen molar-refractivity contribution in [2.24, 2.45) is 0 Å². The molecule has 0 saturated heterocycles. The number of aryl methyl sites for hydroxylation is 4. The van der Waals surface area contributed by atoms with Crippen LogP contribution in [0, 0.1) is 6.92 Å². The van der Waals surface area contributed by atoms with Gasteiger partial charge in [-0.2, -0.15) is 0 Å². The molecule has 37 heavy (non-hydrogen) atoms. The Labute approximate surface area is 215 Å². The SMILES string of the molecule is CCCc1nc2c(C)cccc2n1Cc1ccc2c(c1)CCc1ccccc1/C2=C(/C)c1noc(=O)[nH]1. The Hall–Kier alpha value is -4.19. The summed E-state index contributed by atoms with van der Waals surface area (Å²) in [5.41, 5.74) is 11.7. The fourth-order valence-electron chi connectivity index (χ4n) is 5.62. The molecular weight excluding hydrogens is 460 g/mol. The molecule has 1 aliphatic carbocycles. The summed E-state index contributed by atoms with van der Waals surface area (Å²) in [6.45, 7) is 7.12. The van der Waals surface area contributed by atoms with Gasteiger partial charge in [-0.15, -0.1) is 0 Å². The number of rotatable bonds is 5. The van der Waals surface area contributed by atoms with Gasteiger partial charge in [-0.25, -0.2) is 9.78 Å². The molecule has 0 unspecified atom stereocenters. The molecule has 0 aliphatic heterocycles. The zero-order valence-electron chi connectivity index (χ0n) is 21.5. The van der Waals surface area contributed by atoms with Crippen molar-refractivity contribution in [1.29, 1.82) is 0 Å². The first kappa shape index (κ1) is 23.2. The van der Waals surface area contributed by atoms with E-state index >= 15 is 0 Å². The van der Waals surface area contributed by atoms with Gasteiger partial charge in [0.15, 0.2) is 5.82 Å². The summed E-state index contributed by atoms with van der Waals surface area (Å²) in [7, 11) is 0. The number of aromatic nitrogens is 4. The average Bonchev–Trinajstić information content (AvgIpc) is 3.44. The van der Waals surface area contributed by atoms with E-state index in [1.165, 1.54) is 38.9 Å². The third kappa shape index (κ3) is 4.12. The van der Waals surface area contributed by atoms with Crippen molar-refractivity contribution in [2.45, 2.75) is 53.0 Å². The molecule has 6 nitrogen and oxygen atoms in total. The van der Waals surface area contributed by atoms with Gasteiger partial charge in [-0.05, 0) is 78.1 Å². The number of nitrogens with zero attached hydrogens (tertiary/aromatic N) is 3. The van der Waals surface area contributed by atoms with E-state index < -0.39 is 5.76 Å². The van der Waals surface area contributed by atoms with Gasteiger partial charge < -0.3 is 4.57 Å². The number of imidazole rings is 1. The van der Waals surface area contributed by atoms with Crippen LogP contribution in [0.4, 0.5) is 0 Å². The van der Waals surface area contributed by atoms with E-state index in [2.05, 4.69) is 89.2 Å². The quantitative estimate of drug-likeness (QED) is 0.323. The maximum Gasteiger partial charge on any atom is 0.439 e. The molecule has 3 aromatic carbocycles. The molecular formula is C31H30N4O2. The molecule has 2 aromatic heterocycles. The normalized spacial score (nSPS) is 14.4. The lowest BCUT2D eigenvalue weighted by atomic mass is 9.89. The second-order valence-corrected chi connectivity index (χ2v) is 9.90. The van der Waals surface area contributed by atoms with E-state index in [0.29, 0.717) is 5.82 Å². The van der Waals surface area contributed by atoms with Crippen LogP contribution in [0.25, 0.3) is 22.2 Å². The molecule has 6 heteroatoms.